The molecule has 0 N–H and O–H groups in total. The van der Waals surface area contributed by atoms with Crippen LogP contribution in [0.1, 0.15) is 67.8 Å². The Hall–Kier alpha value is -17.1. The number of fused-ring (bicyclic) bond motifs is 45. The molecule has 0 aliphatic carbocycles. The fraction of sp³-hybridized carbons (Fsp3) is 0.0213. The first-order chi connectivity index (χ1) is 73.0. The summed E-state index contributed by atoms with van der Waals surface area (Å²) in [5, 5.41) is 39.4. The van der Waals surface area contributed by atoms with Crippen molar-refractivity contribution in [3.8, 4) is 27.9 Å². The van der Waals surface area contributed by atoms with Gasteiger partial charge in [-0.2, -0.15) is 0 Å². The number of hydrogen-bond donors (Lipinski definition) is 0. The van der Waals surface area contributed by atoms with E-state index < -0.39 is 0 Å². The Morgan fingerprint density at radius 1 is 0.156 bits per heavy atom. The average molecular weight is 1940 g/mol. The highest BCUT2D eigenvalue weighted by atomic mass is 32.2. The smallest absolute Gasteiger partial charge is 0.136 e. The first kappa shape index (κ1) is 84.4. The number of benzene rings is 27. The first-order valence-electron chi connectivity index (χ1n) is 50.7. The van der Waals surface area contributed by atoms with Crippen molar-refractivity contribution >= 4 is 240 Å². The molecular weight excluding hydrogens is 1850 g/mol. The predicted molar refractivity (Wildman–Crippen MR) is 629 cm³/mol. The van der Waals surface area contributed by atoms with Gasteiger partial charge in [-0.1, -0.05) is 478 Å². The van der Waals surface area contributed by atoms with E-state index in [2.05, 4.69) is 490 Å². The van der Waals surface area contributed by atoms with Gasteiger partial charge in [0.2, 0.25) is 0 Å². The molecule has 0 radical (unpaired) electrons. The minimum Gasteiger partial charge on any atom is -0.456 e. The van der Waals surface area contributed by atoms with Gasteiger partial charge >= 0.3 is 0 Å². The average Bonchev–Trinajstić information content (AvgIpc) is 1.70. The molecule has 0 bridgehead atoms. The standard InChI is InChI=1S/C47H29NS.C47H28OS.C47H28S2/c1-5-19-37-31(13-1)33-15-3-7-21-39(33)46-44(37)43(45-38-20-6-2-14-32(38)34-16-4-8-22-40(34)47(45)49-46)29-25-27-30(28-26-29)48-41-23-11-9-17-35(41)36-18-10-12-24-42(36)48;2*1-5-16-37-31(11-1)33-13-3-7-18-39(33)46-44(37)43(45-38-17-6-2-12-32(38)34-14-4-8-19-40(34)47(45)49-46)29-23-21-28(22-24-29)30-25-26-36-35-15-9-10-20-41(35)48-42(36)27-30/h1-28,43H;2*1-27,43H. The van der Waals surface area contributed by atoms with Crippen molar-refractivity contribution in [3.05, 3.63) is 548 Å². The monoisotopic (exact) mass is 1940 g/mol. The Balaban J connectivity index is 0.0000000999. The van der Waals surface area contributed by atoms with Crippen LogP contribution in [-0.4, -0.2) is 4.57 Å². The molecule has 27 aromatic carbocycles. The SMILES string of the molecule is c1ccc2c(c1)c1c(c3ccccc32)C(c2ccc(-n3c4ccccc4c4ccccc43)cc2)c2c(c3ccccc3c3ccccc23)S1.c1ccc2c(c1)oc1cc(-c3ccc(C4c5c(c6ccccc6c6ccccc56)Sc5c4c4ccccc4c4ccccc54)cc3)ccc12.c1ccc2c(c1)sc1cc(-c3ccc(C4c5c(c6ccccc6c6ccccc56)Sc5c4c4ccccc4c4ccccc54)cc3)ccc12. The van der Waals surface area contributed by atoms with E-state index in [9.17, 15) is 0 Å². The van der Waals surface area contributed by atoms with Gasteiger partial charge in [-0.05, 0) is 256 Å². The minimum atomic E-state index is 0.0576. The Morgan fingerprint density at radius 3 is 0.707 bits per heavy atom. The van der Waals surface area contributed by atoms with Gasteiger partial charge in [0, 0.05) is 94.5 Å². The van der Waals surface area contributed by atoms with Gasteiger partial charge in [-0.3, -0.25) is 0 Å². The molecule has 0 amide bonds. The van der Waals surface area contributed by atoms with Crippen molar-refractivity contribution in [2.45, 2.75) is 47.1 Å². The predicted octanol–water partition coefficient (Wildman–Crippen LogP) is 40.5. The maximum absolute atomic E-state index is 6.26. The van der Waals surface area contributed by atoms with Crippen LogP contribution >= 0.6 is 46.6 Å². The number of nitrogens with zero attached hydrogens (tertiary/aromatic N) is 1. The number of aromatic nitrogens is 1. The van der Waals surface area contributed by atoms with Gasteiger partial charge < -0.3 is 8.98 Å². The molecule has 30 aromatic rings. The molecule has 684 valence electrons. The van der Waals surface area contributed by atoms with Crippen LogP contribution in [0.2, 0.25) is 0 Å². The minimum absolute atomic E-state index is 0.0576. The summed E-state index contributed by atoms with van der Waals surface area (Å²) in [6, 6.07) is 184. The lowest BCUT2D eigenvalue weighted by atomic mass is 9.78. The fourth-order valence-corrected chi connectivity index (χ4v) is 31.0. The Labute approximate surface area is 864 Å². The van der Waals surface area contributed by atoms with Crippen molar-refractivity contribution in [3.63, 3.8) is 0 Å². The number of furan rings is 1. The van der Waals surface area contributed by atoms with Crippen molar-refractivity contribution in [2.75, 3.05) is 0 Å². The molecule has 2 nitrogen and oxygen atoms in total. The molecule has 3 aliphatic rings. The number of rotatable bonds is 6. The van der Waals surface area contributed by atoms with Crippen LogP contribution in [0.25, 0.3) is 221 Å². The maximum Gasteiger partial charge on any atom is 0.136 e. The van der Waals surface area contributed by atoms with Gasteiger partial charge in [0.1, 0.15) is 11.2 Å². The molecule has 3 aromatic heterocycles. The Bertz CT molecular complexity index is 10000. The van der Waals surface area contributed by atoms with E-state index in [0.717, 1.165) is 27.5 Å². The van der Waals surface area contributed by atoms with E-state index in [1.165, 1.54) is 273 Å². The van der Waals surface area contributed by atoms with Crippen molar-refractivity contribution in [1.82, 2.24) is 4.57 Å². The molecular formula is C141H85NOS4. The van der Waals surface area contributed by atoms with Crippen molar-refractivity contribution in [2.24, 2.45) is 0 Å². The van der Waals surface area contributed by atoms with Crippen LogP contribution in [0, 0.1) is 0 Å². The van der Waals surface area contributed by atoms with Crippen LogP contribution < -0.4 is 0 Å². The van der Waals surface area contributed by atoms with E-state index in [1.807, 2.05) is 58.8 Å². The lowest BCUT2D eigenvalue weighted by Gasteiger charge is -2.33. The molecule has 6 heterocycles. The van der Waals surface area contributed by atoms with Crippen LogP contribution in [0.15, 0.2) is 531 Å². The zero-order chi connectivity index (χ0) is 96.2. The summed E-state index contributed by atoms with van der Waals surface area (Å²) in [5.41, 5.74) is 22.8. The fourth-order valence-electron chi connectivity index (χ4n) is 25.5. The maximum atomic E-state index is 6.26. The van der Waals surface area contributed by atoms with Gasteiger partial charge in [-0.25, -0.2) is 0 Å². The molecule has 147 heavy (non-hydrogen) atoms. The van der Waals surface area contributed by atoms with E-state index >= 15 is 0 Å². The highest BCUT2D eigenvalue weighted by Gasteiger charge is 2.39. The lowest BCUT2D eigenvalue weighted by molar-refractivity contribution is 0.669. The summed E-state index contributed by atoms with van der Waals surface area (Å²) in [7, 11) is 0. The van der Waals surface area contributed by atoms with Crippen LogP contribution in [0.3, 0.4) is 0 Å². The number of hydrogen-bond acceptors (Lipinski definition) is 5. The normalized spacial score (nSPS) is 13.1. The third kappa shape index (κ3) is 13.1. The topological polar surface area (TPSA) is 18.1 Å². The third-order valence-corrected chi connectivity index (χ3v) is 36.9. The number of thiophene rings is 1. The molecule has 3 aliphatic heterocycles. The van der Waals surface area contributed by atoms with Crippen LogP contribution in [-0.2, 0) is 0 Å². The second kappa shape index (κ2) is 33.8. The molecule has 33 rings (SSSR count). The third-order valence-electron chi connectivity index (χ3n) is 31.9. The summed E-state index contributed by atoms with van der Waals surface area (Å²) >= 11 is 7.79. The molecule has 0 saturated heterocycles. The second-order valence-corrected chi connectivity index (χ2v) is 43.6. The van der Waals surface area contributed by atoms with Crippen molar-refractivity contribution in [1.29, 1.82) is 0 Å². The summed E-state index contributed by atoms with van der Waals surface area (Å²) in [6.07, 6.45) is 0. The molecule has 0 fully saturated rings. The highest BCUT2D eigenvalue weighted by Crippen LogP contribution is 2.63. The summed E-state index contributed by atoms with van der Waals surface area (Å²) in [6.45, 7) is 0. The summed E-state index contributed by atoms with van der Waals surface area (Å²) < 4.78 is 11.4. The first-order valence-corrected chi connectivity index (χ1v) is 54.0. The van der Waals surface area contributed by atoms with Gasteiger partial charge in [-0.15, -0.1) is 11.3 Å². The second-order valence-electron chi connectivity index (χ2n) is 39.4. The Kier molecular flexibility index (Phi) is 19.4. The molecule has 0 unspecified atom stereocenters. The zero-order valence-electron chi connectivity index (χ0n) is 79.6. The summed E-state index contributed by atoms with van der Waals surface area (Å²) in [4.78, 5) is 8.24. The van der Waals surface area contributed by atoms with E-state index in [0.29, 0.717) is 0 Å². The quantitative estimate of drug-likeness (QED) is 0.154. The summed E-state index contributed by atoms with van der Waals surface area (Å²) in [5.74, 6) is 0.194. The van der Waals surface area contributed by atoms with E-state index in [4.69, 9.17) is 4.42 Å². The zero-order valence-corrected chi connectivity index (χ0v) is 82.8. The molecule has 0 atom stereocenters. The van der Waals surface area contributed by atoms with Crippen LogP contribution in [0.4, 0.5) is 0 Å². The van der Waals surface area contributed by atoms with E-state index in [1.54, 1.807) is 0 Å². The Morgan fingerprint density at radius 2 is 0.381 bits per heavy atom. The molecule has 0 saturated carbocycles. The van der Waals surface area contributed by atoms with Gasteiger partial charge in [0.15, 0.2) is 0 Å². The lowest BCUT2D eigenvalue weighted by Crippen LogP contribution is -2.13. The molecule has 6 heteroatoms. The molecule has 0 spiro atoms. The van der Waals surface area contributed by atoms with Crippen LogP contribution in [0.5, 0.6) is 0 Å². The highest BCUT2D eigenvalue weighted by molar-refractivity contribution is 8.00. The largest absolute Gasteiger partial charge is 0.456 e. The van der Waals surface area contributed by atoms with Gasteiger partial charge in [0.05, 0.1) is 11.0 Å². The van der Waals surface area contributed by atoms with E-state index in [-0.39, 0.29) is 17.8 Å². The number of para-hydroxylation sites is 3. The van der Waals surface area contributed by atoms with Gasteiger partial charge in [0.25, 0.3) is 0 Å². The van der Waals surface area contributed by atoms with Crippen molar-refractivity contribution < 1.29 is 4.42 Å².